The molecule has 1 aromatic carbocycles. The molecule has 0 atom stereocenters. The summed E-state index contributed by atoms with van der Waals surface area (Å²) in [5.41, 5.74) is 2.82. The molecule has 0 aliphatic rings. The van der Waals surface area contributed by atoms with E-state index in [1.807, 2.05) is 31.3 Å². The van der Waals surface area contributed by atoms with E-state index in [9.17, 15) is 0 Å². The first kappa shape index (κ1) is 13.2. The highest BCUT2D eigenvalue weighted by Crippen LogP contribution is 2.41. The van der Waals surface area contributed by atoms with Crippen LogP contribution in [0, 0.1) is 6.92 Å². The highest BCUT2D eigenvalue weighted by atomic mass is 16.5. The van der Waals surface area contributed by atoms with E-state index in [2.05, 4.69) is 4.98 Å². The van der Waals surface area contributed by atoms with Crippen LogP contribution in [0.2, 0.25) is 0 Å². The maximum atomic E-state index is 5.44. The van der Waals surface area contributed by atoms with Crippen LogP contribution in [-0.2, 0) is 0 Å². The second-order valence-electron chi connectivity index (χ2n) is 4.10. The molecule has 0 amide bonds. The van der Waals surface area contributed by atoms with E-state index < -0.39 is 0 Å². The van der Waals surface area contributed by atoms with Gasteiger partial charge >= 0.3 is 0 Å². The molecule has 1 aromatic heterocycles. The minimum atomic E-state index is 0.637. The fraction of sp³-hybridized carbons (Fsp3) is 0.267. The Morgan fingerprint density at radius 1 is 0.947 bits per heavy atom. The van der Waals surface area contributed by atoms with Crippen LogP contribution in [0.25, 0.3) is 11.1 Å². The van der Waals surface area contributed by atoms with Crippen LogP contribution in [0.1, 0.15) is 5.69 Å². The Morgan fingerprint density at radius 2 is 1.74 bits per heavy atom. The van der Waals surface area contributed by atoms with Crippen LogP contribution in [0.15, 0.2) is 30.5 Å². The largest absolute Gasteiger partial charge is 0.497 e. The molecule has 4 heteroatoms. The van der Waals surface area contributed by atoms with Gasteiger partial charge in [-0.1, -0.05) is 6.07 Å². The van der Waals surface area contributed by atoms with Gasteiger partial charge in [-0.3, -0.25) is 4.98 Å². The molecule has 4 nitrogen and oxygen atoms in total. The predicted molar refractivity (Wildman–Crippen MR) is 74.1 cm³/mol. The molecule has 2 rings (SSSR count). The van der Waals surface area contributed by atoms with Gasteiger partial charge in [0.25, 0.3) is 0 Å². The summed E-state index contributed by atoms with van der Waals surface area (Å²) in [5.74, 6) is 2.03. The van der Waals surface area contributed by atoms with E-state index in [1.54, 1.807) is 27.4 Å². The lowest BCUT2D eigenvalue weighted by molar-refractivity contribution is 0.350. The number of aromatic nitrogens is 1. The van der Waals surface area contributed by atoms with Gasteiger partial charge in [-0.25, -0.2) is 0 Å². The van der Waals surface area contributed by atoms with Crippen molar-refractivity contribution in [3.8, 4) is 28.4 Å². The quantitative estimate of drug-likeness (QED) is 0.846. The highest BCUT2D eigenvalue weighted by Gasteiger charge is 2.14. The van der Waals surface area contributed by atoms with E-state index in [0.717, 1.165) is 16.8 Å². The Bertz CT molecular complexity index is 564. The zero-order valence-corrected chi connectivity index (χ0v) is 11.6. The van der Waals surface area contributed by atoms with E-state index in [-0.39, 0.29) is 0 Å². The van der Waals surface area contributed by atoms with Crippen molar-refractivity contribution in [2.75, 3.05) is 21.3 Å². The first-order valence-corrected chi connectivity index (χ1v) is 5.92. The Labute approximate surface area is 113 Å². The van der Waals surface area contributed by atoms with Crippen LogP contribution in [0.3, 0.4) is 0 Å². The summed E-state index contributed by atoms with van der Waals surface area (Å²) in [7, 11) is 4.85. The number of methoxy groups -OCH3 is 3. The average Bonchev–Trinajstić information content (AvgIpc) is 2.46. The van der Waals surface area contributed by atoms with Gasteiger partial charge in [-0.2, -0.15) is 0 Å². The SMILES string of the molecule is COc1cc(OC)c(OC)c(-c2ccc(C)nc2)c1. The third kappa shape index (κ3) is 2.62. The topological polar surface area (TPSA) is 40.6 Å². The van der Waals surface area contributed by atoms with E-state index >= 15 is 0 Å². The summed E-state index contributed by atoms with van der Waals surface area (Å²) < 4.78 is 16.1. The fourth-order valence-electron chi connectivity index (χ4n) is 1.90. The van der Waals surface area contributed by atoms with Crippen molar-refractivity contribution in [2.45, 2.75) is 6.92 Å². The second-order valence-corrected chi connectivity index (χ2v) is 4.10. The number of pyridine rings is 1. The smallest absolute Gasteiger partial charge is 0.168 e. The minimum Gasteiger partial charge on any atom is -0.497 e. The Morgan fingerprint density at radius 3 is 2.26 bits per heavy atom. The highest BCUT2D eigenvalue weighted by molar-refractivity contribution is 5.75. The molecule has 0 fully saturated rings. The van der Waals surface area contributed by atoms with Crippen LogP contribution in [0.4, 0.5) is 0 Å². The lowest BCUT2D eigenvalue weighted by atomic mass is 10.1. The average molecular weight is 259 g/mol. The molecular weight excluding hydrogens is 242 g/mol. The van der Waals surface area contributed by atoms with Crippen molar-refractivity contribution in [1.29, 1.82) is 0 Å². The molecule has 0 aliphatic heterocycles. The van der Waals surface area contributed by atoms with Crippen molar-refractivity contribution in [3.05, 3.63) is 36.2 Å². The van der Waals surface area contributed by atoms with Gasteiger partial charge in [-0.15, -0.1) is 0 Å². The van der Waals surface area contributed by atoms with Gasteiger partial charge in [0, 0.05) is 29.1 Å². The summed E-state index contributed by atoms with van der Waals surface area (Å²) >= 11 is 0. The molecular formula is C15H17NO3. The predicted octanol–water partition coefficient (Wildman–Crippen LogP) is 3.08. The molecule has 0 bridgehead atoms. The molecule has 0 aliphatic carbocycles. The van der Waals surface area contributed by atoms with E-state index in [4.69, 9.17) is 14.2 Å². The number of hydrogen-bond acceptors (Lipinski definition) is 4. The first-order valence-electron chi connectivity index (χ1n) is 5.92. The number of nitrogens with zero attached hydrogens (tertiary/aromatic N) is 1. The third-order valence-corrected chi connectivity index (χ3v) is 2.91. The zero-order valence-electron chi connectivity index (χ0n) is 11.6. The summed E-state index contributed by atoms with van der Waals surface area (Å²) in [6, 6.07) is 7.66. The van der Waals surface area contributed by atoms with Crippen molar-refractivity contribution >= 4 is 0 Å². The number of aryl methyl sites for hydroxylation is 1. The summed E-state index contributed by atoms with van der Waals surface area (Å²) in [6.07, 6.45) is 1.81. The fourth-order valence-corrected chi connectivity index (χ4v) is 1.90. The van der Waals surface area contributed by atoms with Crippen molar-refractivity contribution in [1.82, 2.24) is 4.98 Å². The van der Waals surface area contributed by atoms with Crippen molar-refractivity contribution in [2.24, 2.45) is 0 Å². The first-order chi connectivity index (χ1) is 9.19. The minimum absolute atomic E-state index is 0.637. The van der Waals surface area contributed by atoms with Gasteiger partial charge in [0.05, 0.1) is 21.3 Å². The van der Waals surface area contributed by atoms with Crippen LogP contribution in [0.5, 0.6) is 17.2 Å². The van der Waals surface area contributed by atoms with Crippen LogP contribution < -0.4 is 14.2 Å². The summed E-state index contributed by atoms with van der Waals surface area (Å²) in [5, 5.41) is 0. The molecule has 0 radical (unpaired) electrons. The summed E-state index contributed by atoms with van der Waals surface area (Å²) in [4.78, 5) is 4.30. The molecule has 100 valence electrons. The maximum absolute atomic E-state index is 5.44. The molecule has 19 heavy (non-hydrogen) atoms. The molecule has 0 N–H and O–H groups in total. The van der Waals surface area contributed by atoms with Crippen LogP contribution in [-0.4, -0.2) is 26.3 Å². The molecule has 0 spiro atoms. The van der Waals surface area contributed by atoms with Crippen LogP contribution >= 0.6 is 0 Å². The van der Waals surface area contributed by atoms with Crippen molar-refractivity contribution < 1.29 is 14.2 Å². The van der Waals surface area contributed by atoms with Gasteiger partial charge < -0.3 is 14.2 Å². The Hall–Kier alpha value is -2.23. The zero-order chi connectivity index (χ0) is 13.8. The lowest BCUT2D eigenvalue weighted by Crippen LogP contribution is -1.95. The normalized spacial score (nSPS) is 10.1. The number of ether oxygens (including phenoxy) is 3. The molecule has 0 saturated heterocycles. The molecule has 0 saturated carbocycles. The van der Waals surface area contributed by atoms with E-state index in [0.29, 0.717) is 17.2 Å². The van der Waals surface area contributed by atoms with Gasteiger partial charge in [0.1, 0.15) is 5.75 Å². The van der Waals surface area contributed by atoms with Crippen molar-refractivity contribution in [3.63, 3.8) is 0 Å². The molecule has 2 aromatic rings. The monoisotopic (exact) mass is 259 g/mol. The Balaban J connectivity index is 2.62. The van der Waals surface area contributed by atoms with Gasteiger partial charge in [0.15, 0.2) is 11.5 Å². The Kier molecular flexibility index (Phi) is 3.90. The second kappa shape index (κ2) is 5.61. The number of hydrogen-bond donors (Lipinski definition) is 0. The molecule has 0 unspecified atom stereocenters. The third-order valence-electron chi connectivity index (χ3n) is 2.91. The standard InChI is InChI=1S/C15H17NO3/c1-10-5-6-11(9-16-10)13-7-12(17-2)8-14(18-3)15(13)19-4/h5-9H,1-4H3. The van der Waals surface area contributed by atoms with Gasteiger partial charge in [0.2, 0.25) is 0 Å². The number of rotatable bonds is 4. The molecule has 1 heterocycles. The lowest BCUT2D eigenvalue weighted by Gasteiger charge is -2.14. The van der Waals surface area contributed by atoms with E-state index in [1.165, 1.54) is 0 Å². The number of benzene rings is 1. The maximum Gasteiger partial charge on any atom is 0.168 e. The summed E-state index contributed by atoms with van der Waals surface area (Å²) in [6.45, 7) is 1.95. The van der Waals surface area contributed by atoms with Gasteiger partial charge in [-0.05, 0) is 19.1 Å².